The van der Waals surface area contributed by atoms with Gasteiger partial charge in [-0.2, -0.15) is 0 Å². The maximum absolute atomic E-state index is 12.1. The molecular weight excluding hydrogens is 226 g/mol. The van der Waals surface area contributed by atoms with E-state index in [0.29, 0.717) is 6.54 Å². The first-order chi connectivity index (χ1) is 7.69. The van der Waals surface area contributed by atoms with Crippen LogP contribution in [-0.2, 0) is 14.3 Å². The molecule has 0 aliphatic carbocycles. The van der Waals surface area contributed by atoms with Crippen molar-refractivity contribution in [3.63, 3.8) is 0 Å². The average molecular weight is 245 g/mol. The van der Waals surface area contributed by atoms with Crippen molar-refractivity contribution >= 4 is 23.6 Å². The molecule has 92 valence electrons. The Bertz CT molecular complexity index is 252. The van der Waals surface area contributed by atoms with Crippen molar-refractivity contribution < 1.29 is 14.3 Å². The van der Waals surface area contributed by atoms with E-state index in [0.717, 1.165) is 18.6 Å². The fourth-order valence-corrected chi connectivity index (χ4v) is 2.99. The molecule has 0 spiro atoms. The van der Waals surface area contributed by atoms with E-state index >= 15 is 0 Å². The Morgan fingerprint density at radius 3 is 2.69 bits per heavy atom. The van der Waals surface area contributed by atoms with Crippen molar-refractivity contribution in [2.75, 3.05) is 26.0 Å². The minimum Gasteiger partial charge on any atom is -0.468 e. The Labute approximate surface area is 101 Å². The molecular formula is C11H19NO3S. The van der Waals surface area contributed by atoms with Crippen molar-refractivity contribution in [3.05, 3.63) is 0 Å². The van der Waals surface area contributed by atoms with Crippen LogP contribution in [0.1, 0.15) is 26.2 Å². The molecule has 1 aliphatic rings. The molecule has 0 radical (unpaired) electrons. The molecule has 1 heterocycles. The molecule has 1 unspecified atom stereocenters. The lowest BCUT2D eigenvalue weighted by Crippen LogP contribution is -2.41. The third-order valence-electron chi connectivity index (χ3n) is 2.70. The molecule has 4 nitrogen and oxygen atoms in total. The van der Waals surface area contributed by atoms with Gasteiger partial charge in [0, 0.05) is 6.54 Å². The van der Waals surface area contributed by atoms with Gasteiger partial charge in [0.2, 0.25) is 5.91 Å². The van der Waals surface area contributed by atoms with E-state index < -0.39 is 0 Å². The Hall–Kier alpha value is -0.710. The van der Waals surface area contributed by atoms with Gasteiger partial charge in [0.25, 0.3) is 0 Å². The fraction of sp³-hybridized carbons (Fsp3) is 0.818. The van der Waals surface area contributed by atoms with Gasteiger partial charge in [-0.15, -0.1) is 11.8 Å². The molecule has 0 saturated carbocycles. The van der Waals surface area contributed by atoms with E-state index in [9.17, 15) is 9.59 Å². The molecule has 1 atom stereocenters. The van der Waals surface area contributed by atoms with Crippen molar-refractivity contribution in [3.8, 4) is 0 Å². The van der Waals surface area contributed by atoms with E-state index in [2.05, 4.69) is 4.74 Å². The highest BCUT2D eigenvalue weighted by Gasteiger charge is 2.26. The second kappa shape index (κ2) is 6.78. The van der Waals surface area contributed by atoms with Gasteiger partial charge in [-0.3, -0.25) is 9.59 Å². The Morgan fingerprint density at radius 2 is 2.19 bits per heavy atom. The van der Waals surface area contributed by atoms with Crippen LogP contribution in [0, 0.1) is 0 Å². The summed E-state index contributed by atoms with van der Waals surface area (Å²) < 4.78 is 4.58. The number of methoxy groups -OCH3 is 1. The molecule has 5 heteroatoms. The fourth-order valence-electron chi connectivity index (χ4n) is 1.71. The first-order valence-electron chi connectivity index (χ1n) is 5.66. The van der Waals surface area contributed by atoms with Gasteiger partial charge in [0.15, 0.2) is 0 Å². The molecule has 1 rings (SSSR count). The summed E-state index contributed by atoms with van der Waals surface area (Å²) in [6.45, 7) is 2.52. The van der Waals surface area contributed by atoms with Gasteiger partial charge >= 0.3 is 5.97 Å². The van der Waals surface area contributed by atoms with Gasteiger partial charge in [0.1, 0.15) is 6.54 Å². The van der Waals surface area contributed by atoms with Crippen LogP contribution in [0.5, 0.6) is 0 Å². The number of amides is 1. The monoisotopic (exact) mass is 245 g/mol. The van der Waals surface area contributed by atoms with Crippen LogP contribution in [0.4, 0.5) is 0 Å². The van der Waals surface area contributed by atoms with E-state index in [1.54, 1.807) is 16.7 Å². The molecule has 1 saturated heterocycles. The van der Waals surface area contributed by atoms with Crippen LogP contribution in [0.3, 0.4) is 0 Å². The van der Waals surface area contributed by atoms with E-state index in [1.807, 2.05) is 6.92 Å². The lowest BCUT2D eigenvalue weighted by Gasteiger charge is -2.27. The lowest BCUT2D eigenvalue weighted by atomic mass is 10.1. The topological polar surface area (TPSA) is 46.6 Å². The molecule has 0 aromatic rings. The second-order valence-corrected chi connectivity index (χ2v) is 5.09. The van der Waals surface area contributed by atoms with Gasteiger partial charge in [0.05, 0.1) is 12.4 Å². The molecule has 0 aromatic heterocycles. The van der Waals surface area contributed by atoms with E-state index in [-0.39, 0.29) is 23.7 Å². The highest BCUT2D eigenvalue weighted by atomic mass is 32.2. The summed E-state index contributed by atoms with van der Waals surface area (Å²) in [7, 11) is 1.34. The van der Waals surface area contributed by atoms with Crippen molar-refractivity contribution in [2.45, 2.75) is 31.4 Å². The predicted molar refractivity (Wildman–Crippen MR) is 64.4 cm³/mol. The zero-order chi connectivity index (χ0) is 12.0. The molecule has 0 bridgehead atoms. The number of esters is 1. The molecule has 0 N–H and O–H groups in total. The van der Waals surface area contributed by atoms with Gasteiger partial charge in [-0.1, -0.05) is 6.42 Å². The third-order valence-corrected chi connectivity index (χ3v) is 4.06. The number of rotatable bonds is 4. The van der Waals surface area contributed by atoms with Crippen LogP contribution < -0.4 is 0 Å². The van der Waals surface area contributed by atoms with Crippen molar-refractivity contribution in [1.82, 2.24) is 4.90 Å². The normalized spacial score (nSPS) is 20.2. The Morgan fingerprint density at radius 1 is 1.44 bits per heavy atom. The summed E-state index contributed by atoms with van der Waals surface area (Å²) in [5.41, 5.74) is 0. The highest BCUT2D eigenvalue weighted by molar-refractivity contribution is 8.00. The quantitative estimate of drug-likeness (QED) is 0.700. The smallest absolute Gasteiger partial charge is 0.325 e. The highest BCUT2D eigenvalue weighted by Crippen LogP contribution is 2.26. The molecule has 1 aliphatic heterocycles. The summed E-state index contributed by atoms with van der Waals surface area (Å²) in [4.78, 5) is 24.8. The molecule has 1 amide bonds. The van der Waals surface area contributed by atoms with Gasteiger partial charge < -0.3 is 9.64 Å². The number of thioether (sulfide) groups is 1. The Balaban J connectivity index is 2.50. The summed E-state index contributed by atoms with van der Waals surface area (Å²) in [5, 5.41) is 0.0401. The summed E-state index contributed by atoms with van der Waals surface area (Å²) in [6.07, 6.45) is 3.23. The summed E-state index contributed by atoms with van der Waals surface area (Å²) in [5.74, 6) is 0.778. The number of ether oxygens (including phenoxy) is 1. The maximum atomic E-state index is 12.1. The maximum Gasteiger partial charge on any atom is 0.325 e. The second-order valence-electron chi connectivity index (χ2n) is 3.78. The Kier molecular flexibility index (Phi) is 5.66. The average Bonchev–Trinajstić information content (AvgIpc) is 2.35. The minimum atomic E-state index is -0.351. The summed E-state index contributed by atoms with van der Waals surface area (Å²) >= 11 is 1.71. The SMILES string of the molecule is CCN(CC(=O)OC)C(=O)C1CCCCS1. The van der Waals surface area contributed by atoms with Crippen LogP contribution in [0.2, 0.25) is 0 Å². The van der Waals surface area contributed by atoms with Crippen LogP contribution in [0.15, 0.2) is 0 Å². The van der Waals surface area contributed by atoms with Crippen LogP contribution in [0.25, 0.3) is 0 Å². The van der Waals surface area contributed by atoms with Gasteiger partial charge in [-0.05, 0) is 25.5 Å². The summed E-state index contributed by atoms with van der Waals surface area (Å²) in [6, 6.07) is 0. The largest absolute Gasteiger partial charge is 0.468 e. The molecule has 0 aromatic carbocycles. The van der Waals surface area contributed by atoms with Crippen molar-refractivity contribution in [1.29, 1.82) is 0 Å². The first kappa shape index (κ1) is 13.4. The lowest BCUT2D eigenvalue weighted by molar-refractivity contribution is -0.146. The van der Waals surface area contributed by atoms with E-state index in [4.69, 9.17) is 0 Å². The van der Waals surface area contributed by atoms with Gasteiger partial charge in [-0.25, -0.2) is 0 Å². The number of likely N-dealkylation sites (N-methyl/N-ethyl adjacent to an activating group) is 1. The van der Waals surface area contributed by atoms with Crippen LogP contribution >= 0.6 is 11.8 Å². The predicted octanol–water partition coefficient (Wildman–Crippen LogP) is 1.29. The number of carbonyl (C=O) groups is 2. The van der Waals surface area contributed by atoms with E-state index in [1.165, 1.54) is 13.5 Å². The standard InChI is InChI=1S/C11H19NO3S/c1-3-12(8-10(13)15-2)11(14)9-6-4-5-7-16-9/h9H,3-8H2,1-2H3. The number of nitrogens with zero attached hydrogens (tertiary/aromatic N) is 1. The first-order valence-corrected chi connectivity index (χ1v) is 6.71. The third kappa shape index (κ3) is 3.70. The molecule has 16 heavy (non-hydrogen) atoms. The van der Waals surface area contributed by atoms with Crippen LogP contribution in [-0.4, -0.2) is 48.0 Å². The number of carbonyl (C=O) groups excluding carboxylic acids is 2. The number of hydrogen-bond acceptors (Lipinski definition) is 4. The minimum absolute atomic E-state index is 0.0401. The van der Waals surface area contributed by atoms with Crippen molar-refractivity contribution in [2.24, 2.45) is 0 Å². The molecule has 1 fully saturated rings. The number of hydrogen-bond donors (Lipinski definition) is 0. The zero-order valence-corrected chi connectivity index (χ0v) is 10.7. The zero-order valence-electron chi connectivity index (χ0n) is 9.90.